The van der Waals surface area contributed by atoms with E-state index < -0.39 is 0 Å². The summed E-state index contributed by atoms with van der Waals surface area (Å²) in [5.41, 5.74) is 0. The van der Waals surface area contributed by atoms with E-state index in [1.165, 1.54) is 0 Å². The molecule has 0 aromatic rings. The van der Waals surface area contributed by atoms with Gasteiger partial charge in [-0.3, -0.25) is 0 Å². The van der Waals surface area contributed by atoms with Crippen LogP contribution in [0.1, 0.15) is 6.92 Å². The maximum Gasteiger partial charge on any atom is 0.172 e. The maximum absolute atomic E-state index is 5.59. The van der Waals surface area contributed by atoms with E-state index in [4.69, 9.17) is 21.1 Å². The smallest absolute Gasteiger partial charge is 0.172 e. The zero-order valence-electron chi connectivity index (χ0n) is 5.35. The number of alkyl halides is 1. The lowest BCUT2D eigenvalue weighted by molar-refractivity contribution is -0.100. The predicted octanol–water partition coefficient (Wildman–Crippen LogP) is 1.23. The third-order valence-corrected chi connectivity index (χ3v) is 1.05. The summed E-state index contributed by atoms with van der Waals surface area (Å²) in [5.74, 6) is 0. The zero-order valence-corrected chi connectivity index (χ0v) is 6.11. The number of hydrogen-bond donors (Lipinski definition) is 0. The fraction of sp³-hybridized carbons (Fsp3) is 1.00. The lowest BCUT2D eigenvalue weighted by Crippen LogP contribution is -2.22. The minimum atomic E-state index is -0.281. The second-order valence-corrected chi connectivity index (χ2v) is 2.21. The molecule has 0 amide bonds. The Morgan fingerprint density at radius 3 is 1.62 bits per heavy atom. The van der Waals surface area contributed by atoms with E-state index in [2.05, 4.69) is 0 Å². The number of halogens is 1. The lowest BCUT2D eigenvalue weighted by atomic mass is 10.5. The first-order valence-electron chi connectivity index (χ1n) is 2.42. The van der Waals surface area contributed by atoms with Crippen molar-refractivity contribution in [1.29, 1.82) is 0 Å². The Labute approximate surface area is 54.7 Å². The van der Waals surface area contributed by atoms with Crippen LogP contribution in [-0.4, -0.2) is 25.9 Å². The van der Waals surface area contributed by atoms with Crippen LogP contribution in [0, 0.1) is 0 Å². The van der Waals surface area contributed by atoms with E-state index >= 15 is 0 Å². The Balaban J connectivity index is 3.35. The van der Waals surface area contributed by atoms with Crippen LogP contribution >= 0.6 is 11.6 Å². The Hall–Kier alpha value is 0.210. The van der Waals surface area contributed by atoms with Gasteiger partial charge in [0.05, 0.1) is 5.38 Å². The molecule has 1 atom stereocenters. The number of methoxy groups -OCH3 is 2. The van der Waals surface area contributed by atoms with Crippen molar-refractivity contribution in [2.45, 2.75) is 18.6 Å². The average molecular weight is 139 g/mol. The quantitative estimate of drug-likeness (QED) is 0.432. The number of ether oxygens (including phenoxy) is 2. The molecule has 0 unspecified atom stereocenters. The first-order chi connectivity index (χ1) is 3.72. The molecule has 0 saturated carbocycles. The highest BCUT2D eigenvalue weighted by molar-refractivity contribution is 6.20. The second-order valence-electron chi connectivity index (χ2n) is 1.52. The third-order valence-electron chi connectivity index (χ3n) is 0.840. The summed E-state index contributed by atoms with van der Waals surface area (Å²) in [4.78, 5) is 0. The minimum absolute atomic E-state index is 0.0926. The van der Waals surface area contributed by atoms with Gasteiger partial charge in [-0.05, 0) is 6.92 Å². The van der Waals surface area contributed by atoms with Gasteiger partial charge in [0.15, 0.2) is 6.29 Å². The topological polar surface area (TPSA) is 18.5 Å². The maximum atomic E-state index is 5.59. The van der Waals surface area contributed by atoms with Crippen LogP contribution in [0.15, 0.2) is 0 Å². The molecule has 2 nitrogen and oxygen atoms in total. The van der Waals surface area contributed by atoms with Gasteiger partial charge in [-0.25, -0.2) is 0 Å². The van der Waals surface area contributed by atoms with Gasteiger partial charge in [0.25, 0.3) is 0 Å². The molecule has 0 rings (SSSR count). The summed E-state index contributed by atoms with van der Waals surface area (Å²) in [6.45, 7) is 1.82. The molecular weight excluding hydrogens is 128 g/mol. The summed E-state index contributed by atoms with van der Waals surface area (Å²) in [5, 5.41) is -0.0926. The van der Waals surface area contributed by atoms with Crippen LogP contribution in [0.5, 0.6) is 0 Å². The summed E-state index contributed by atoms with van der Waals surface area (Å²) < 4.78 is 9.61. The van der Waals surface area contributed by atoms with Crippen LogP contribution in [0.3, 0.4) is 0 Å². The van der Waals surface area contributed by atoms with Gasteiger partial charge in [0.2, 0.25) is 0 Å². The lowest BCUT2D eigenvalue weighted by Gasteiger charge is -2.14. The molecule has 0 N–H and O–H groups in total. The SMILES string of the molecule is COC(OC)[C@@H](C)Cl. The van der Waals surface area contributed by atoms with E-state index in [0.717, 1.165) is 0 Å². The molecule has 0 bridgehead atoms. The van der Waals surface area contributed by atoms with Crippen LogP contribution in [-0.2, 0) is 9.47 Å². The molecule has 0 aliphatic rings. The Morgan fingerprint density at radius 2 is 1.62 bits per heavy atom. The largest absolute Gasteiger partial charge is 0.354 e. The highest BCUT2D eigenvalue weighted by Crippen LogP contribution is 2.04. The van der Waals surface area contributed by atoms with E-state index in [-0.39, 0.29) is 11.7 Å². The summed E-state index contributed by atoms with van der Waals surface area (Å²) in [6.07, 6.45) is -0.281. The molecular formula is C5H11ClO2. The van der Waals surface area contributed by atoms with Gasteiger partial charge in [0.1, 0.15) is 0 Å². The fourth-order valence-electron chi connectivity index (χ4n) is 0.471. The number of rotatable bonds is 3. The van der Waals surface area contributed by atoms with Crippen molar-refractivity contribution in [3.63, 3.8) is 0 Å². The molecule has 0 saturated heterocycles. The van der Waals surface area contributed by atoms with Gasteiger partial charge < -0.3 is 9.47 Å². The van der Waals surface area contributed by atoms with Crippen molar-refractivity contribution in [1.82, 2.24) is 0 Å². The van der Waals surface area contributed by atoms with Crippen molar-refractivity contribution >= 4 is 11.6 Å². The standard InChI is InChI=1S/C5H11ClO2/c1-4(6)5(7-2)8-3/h4-5H,1-3H3/t4-/m1/s1. The van der Waals surface area contributed by atoms with Gasteiger partial charge in [-0.2, -0.15) is 0 Å². The highest BCUT2D eigenvalue weighted by Gasteiger charge is 2.10. The van der Waals surface area contributed by atoms with Crippen LogP contribution in [0.2, 0.25) is 0 Å². The molecule has 8 heavy (non-hydrogen) atoms. The van der Waals surface area contributed by atoms with Crippen LogP contribution in [0.25, 0.3) is 0 Å². The van der Waals surface area contributed by atoms with Gasteiger partial charge >= 0.3 is 0 Å². The van der Waals surface area contributed by atoms with Crippen molar-refractivity contribution in [2.24, 2.45) is 0 Å². The fourth-order valence-corrected chi connectivity index (χ4v) is 0.677. The highest BCUT2D eigenvalue weighted by atomic mass is 35.5. The molecule has 0 aliphatic heterocycles. The average Bonchev–Trinajstić information content (AvgIpc) is 1.69. The van der Waals surface area contributed by atoms with E-state index in [9.17, 15) is 0 Å². The molecule has 50 valence electrons. The molecule has 0 spiro atoms. The van der Waals surface area contributed by atoms with Gasteiger partial charge in [0, 0.05) is 14.2 Å². The summed E-state index contributed by atoms with van der Waals surface area (Å²) in [7, 11) is 3.13. The van der Waals surface area contributed by atoms with Crippen LogP contribution < -0.4 is 0 Å². The van der Waals surface area contributed by atoms with Gasteiger partial charge in [-0.15, -0.1) is 11.6 Å². The van der Waals surface area contributed by atoms with Crippen molar-refractivity contribution in [3.8, 4) is 0 Å². The molecule has 0 aliphatic carbocycles. The second kappa shape index (κ2) is 4.13. The van der Waals surface area contributed by atoms with Crippen LogP contribution in [0.4, 0.5) is 0 Å². The first kappa shape index (κ1) is 8.21. The molecule has 0 radical (unpaired) electrons. The predicted molar refractivity (Wildman–Crippen MR) is 33.1 cm³/mol. The first-order valence-corrected chi connectivity index (χ1v) is 2.85. The van der Waals surface area contributed by atoms with Gasteiger partial charge in [-0.1, -0.05) is 0 Å². The van der Waals surface area contributed by atoms with Crippen molar-refractivity contribution in [3.05, 3.63) is 0 Å². The zero-order chi connectivity index (χ0) is 6.57. The Bertz CT molecular complexity index is 52.4. The normalized spacial score (nSPS) is 14.6. The number of hydrogen-bond acceptors (Lipinski definition) is 2. The van der Waals surface area contributed by atoms with Crippen molar-refractivity contribution < 1.29 is 9.47 Å². The molecule has 0 aromatic carbocycles. The Morgan fingerprint density at radius 1 is 1.25 bits per heavy atom. The molecule has 0 fully saturated rings. The molecule has 0 heterocycles. The van der Waals surface area contributed by atoms with E-state index in [1.54, 1.807) is 14.2 Å². The summed E-state index contributed by atoms with van der Waals surface area (Å²) in [6, 6.07) is 0. The third kappa shape index (κ3) is 2.50. The molecule has 3 heteroatoms. The monoisotopic (exact) mass is 138 g/mol. The van der Waals surface area contributed by atoms with Crippen molar-refractivity contribution in [2.75, 3.05) is 14.2 Å². The Kier molecular flexibility index (Phi) is 4.23. The van der Waals surface area contributed by atoms with E-state index in [1.807, 2.05) is 6.92 Å². The molecule has 0 aromatic heterocycles. The summed E-state index contributed by atoms with van der Waals surface area (Å²) >= 11 is 5.59. The minimum Gasteiger partial charge on any atom is -0.354 e. The van der Waals surface area contributed by atoms with E-state index in [0.29, 0.717) is 0 Å².